The molecular formula is C19H18N2O3. The smallest absolute Gasteiger partial charge is 0.258 e. The van der Waals surface area contributed by atoms with Gasteiger partial charge in [-0.15, -0.1) is 0 Å². The number of hydrogen-bond donors (Lipinski definition) is 1. The minimum absolute atomic E-state index is 0.100. The summed E-state index contributed by atoms with van der Waals surface area (Å²) in [7, 11) is 1.66. The first kappa shape index (κ1) is 14.8. The number of fused-ring (bicyclic) bond motifs is 2. The molecule has 0 spiro atoms. The van der Waals surface area contributed by atoms with Crippen LogP contribution >= 0.6 is 0 Å². The highest BCUT2D eigenvalue weighted by Crippen LogP contribution is 2.36. The van der Waals surface area contributed by atoms with E-state index in [4.69, 9.17) is 9.47 Å². The molecule has 0 bridgehead atoms. The van der Waals surface area contributed by atoms with Gasteiger partial charge in [0.1, 0.15) is 0 Å². The molecule has 3 aromatic rings. The summed E-state index contributed by atoms with van der Waals surface area (Å²) in [5.74, 6) is 2.02. The number of rotatable bonds is 3. The summed E-state index contributed by atoms with van der Waals surface area (Å²) in [6.45, 7) is 0.648. The molecule has 0 saturated heterocycles. The topological polar surface area (TPSA) is 64.2 Å². The van der Waals surface area contributed by atoms with Crippen molar-refractivity contribution in [3.8, 4) is 11.5 Å². The predicted molar refractivity (Wildman–Crippen MR) is 91.8 cm³/mol. The maximum absolute atomic E-state index is 11.9. The van der Waals surface area contributed by atoms with Crippen LogP contribution in [0.15, 0.2) is 47.5 Å². The van der Waals surface area contributed by atoms with Gasteiger partial charge in [0.25, 0.3) is 5.56 Å². The average Bonchev–Trinajstić information content (AvgIpc) is 2.62. The summed E-state index contributed by atoms with van der Waals surface area (Å²) in [5.41, 5.74) is 2.92. The summed E-state index contributed by atoms with van der Waals surface area (Å²) in [5, 5.41) is 0.633. The lowest BCUT2D eigenvalue weighted by atomic mass is 9.90. The van der Waals surface area contributed by atoms with E-state index in [1.54, 1.807) is 7.11 Å². The molecule has 4 rings (SSSR count). The Hall–Kier alpha value is -2.82. The third-order valence-electron chi connectivity index (χ3n) is 4.48. The number of methoxy groups -OCH3 is 1. The number of H-pyrrole nitrogens is 1. The first-order valence-electron chi connectivity index (χ1n) is 7.99. The first-order valence-corrected chi connectivity index (χ1v) is 7.99. The van der Waals surface area contributed by atoms with Gasteiger partial charge >= 0.3 is 0 Å². The minimum atomic E-state index is -0.100. The first-order chi connectivity index (χ1) is 11.7. The number of benzene rings is 2. The highest BCUT2D eigenvalue weighted by molar-refractivity contribution is 5.77. The zero-order valence-corrected chi connectivity index (χ0v) is 13.4. The monoisotopic (exact) mass is 322 g/mol. The van der Waals surface area contributed by atoms with Gasteiger partial charge in [-0.2, -0.15) is 0 Å². The summed E-state index contributed by atoms with van der Waals surface area (Å²) >= 11 is 0. The number of ether oxygens (including phenoxy) is 2. The zero-order valence-electron chi connectivity index (χ0n) is 13.4. The Morgan fingerprint density at radius 3 is 3.12 bits per heavy atom. The Bertz CT molecular complexity index is 949. The van der Waals surface area contributed by atoms with Crippen molar-refractivity contribution in [2.45, 2.75) is 12.8 Å². The Labute approximate surface area is 139 Å². The molecule has 5 heteroatoms. The molecule has 0 aliphatic carbocycles. The maximum atomic E-state index is 11.9. The van der Waals surface area contributed by atoms with Crippen LogP contribution < -0.4 is 15.0 Å². The van der Waals surface area contributed by atoms with Crippen molar-refractivity contribution in [2.75, 3.05) is 13.7 Å². The van der Waals surface area contributed by atoms with Gasteiger partial charge in [0.15, 0.2) is 11.5 Å². The summed E-state index contributed by atoms with van der Waals surface area (Å²) < 4.78 is 11.3. The van der Waals surface area contributed by atoms with Crippen LogP contribution in [0.4, 0.5) is 0 Å². The SMILES string of the molecule is COc1cccc2c1OC[C@H](Cc1ccc3nc[nH]c(=O)c3c1)C2. The molecule has 1 aliphatic heterocycles. The van der Waals surface area contributed by atoms with Crippen LogP contribution in [-0.2, 0) is 12.8 Å². The molecule has 1 aromatic heterocycles. The third kappa shape index (κ3) is 2.62. The van der Waals surface area contributed by atoms with Crippen molar-refractivity contribution < 1.29 is 9.47 Å². The lowest BCUT2D eigenvalue weighted by Crippen LogP contribution is -2.23. The number of nitrogens with one attached hydrogen (secondary N) is 1. The molecule has 122 valence electrons. The second-order valence-electron chi connectivity index (χ2n) is 6.12. The average molecular weight is 322 g/mol. The van der Waals surface area contributed by atoms with E-state index >= 15 is 0 Å². The van der Waals surface area contributed by atoms with Crippen LogP contribution in [0.25, 0.3) is 10.9 Å². The molecular weight excluding hydrogens is 304 g/mol. The fourth-order valence-corrected chi connectivity index (χ4v) is 3.32. The van der Waals surface area contributed by atoms with Gasteiger partial charge in [-0.1, -0.05) is 18.2 Å². The molecule has 5 nitrogen and oxygen atoms in total. The lowest BCUT2D eigenvalue weighted by Gasteiger charge is -2.26. The molecule has 1 aliphatic rings. The van der Waals surface area contributed by atoms with Gasteiger partial charge in [0, 0.05) is 5.92 Å². The van der Waals surface area contributed by atoms with E-state index in [9.17, 15) is 4.79 Å². The Balaban J connectivity index is 1.58. The van der Waals surface area contributed by atoms with Crippen molar-refractivity contribution in [3.05, 3.63) is 64.2 Å². The van der Waals surface area contributed by atoms with Crippen molar-refractivity contribution in [3.63, 3.8) is 0 Å². The van der Waals surface area contributed by atoms with Gasteiger partial charge < -0.3 is 14.5 Å². The number of nitrogens with zero attached hydrogens (tertiary/aromatic N) is 1. The van der Waals surface area contributed by atoms with Gasteiger partial charge in [-0.3, -0.25) is 4.79 Å². The van der Waals surface area contributed by atoms with Crippen LogP contribution in [0.2, 0.25) is 0 Å². The summed E-state index contributed by atoms with van der Waals surface area (Å²) in [6, 6.07) is 11.9. The molecule has 2 aromatic carbocycles. The van der Waals surface area contributed by atoms with Crippen LogP contribution in [-0.4, -0.2) is 23.7 Å². The zero-order chi connectivity index (χ0) is 16.5. The highest BCUT2D eigenvalue weighted by Gasteiger charge is 2.23. The van der Waals surface area contributed by atoms with Gasteiger partial charge in [-0.05, 0) is 42.2 Å². The highest BCUT2D eigenvalue weighted by atomic mass is 16.5. The molecule has 0 fully saturated rings. The largest absolute Gasteiger partial charge is 0.493 e. The van der Waals surface area contributed by atoms with Crippen LogP contribution in [0, 0.1) is 5.92 Å². The fourth-order valence-electron chi connectivity index (χ4n) is 3.32. The molecule has 1 N–H and O–H groups in total. The van der Waals surface area contributed by atoms with Gasteiger partial charge in [0.2, 0.25) is 0 Å². The van der Waals surface area contributed by atoms with Crippen molar-refractivity contribution in [2.24, 2.45) is 5.92 Å². The quantitative estimate of drug-likeness (QED) is 0.805. The van der Waals surface area contributed by atoms with E-state index in [1.807, 2.05) is 30.3 Å². The van der Waals surface area contributed by atoms with E-state index in [2.05, 4.69) is 16.0 Å². The van der Waals surface area contributed by atoms with Crippen LogP contribution in [0.5, 0.6) is 11.5 Å². The predicted octanol–water partition coefficient (Wildman–Crippen LogP) is 2.73. The Kier molecular flexibility index (Phi) is 3.69. The Morgan fingerprint density at radius 1 is 1.33 bits per heavy atom. The molecule has 1 atom stereocenters. The lowest BCUT2D eigenvalue weighted by molar-refractivity contribution is 0.211. The van der Waals surface area contributed by atoms with E-state index in [-0.39, 0.29) is 5.56 Å². The molecule has 24 heavy (non-hydrogen) atoms. The normalized spacial score (nSPS) is 16.5. The molecule has 0 radical (unpaired) electrons. The number of aromatic nitrogens is 2. The minimum Gasteiger partial charge on any atom is -0.493 e. The molecule has 2 heterocycles. The standard InChI is InChI=1S/C19H18N2O3/c1-23-17-4-2-3-14-8-13(10-24-18(14)17)7-12-5-6-16-15(9-12)19(22)21-11-20-16/h2-6,9,11,13H,7-8,10H2,1H3,(H,20,21,22)/t13-/m1/s1. The van der Waals surface area contributed by atoms with E-state index in [0.29, 0.717) is 17.9 Å². The van der Waals surface area contributed by atoms with Crippen LogP contribution in [0.3, 0.4) is 0 Å². The Morgan fingerprint density at radius 2 is 2.25 bits per heavy atom. The molecule has 0 unspecified atom stereocenters. The van der Waals surface area contributed by atoms with Gasteiger partial charge in [-0.25, -0.2) is 4.98 Å². The second-order valence-corrected chi connectivity index (χ2v) is 6.12. The van der Waals surface area contributed by atoms with E-state index in [1.165, 1.54) is 11.9 Å². The summed E-state index contributed by atoms with van der Waals surface area (Å²) in [6.07, 6.45) is 3.23. The van der Waals surface area contributed by atoms with Crippen molar-refractivity contribution in [1.82, 2.24) is 9.97 Å². The third-order valence-corrected chi connectivity index (χ3v) is 4.48. The number of aromatic amines is 1. The van der Waals surface area contributed by atoms with E-state index in [0.717, 1.165) is 35.4 Å². The van der Waals surface area contributed by atoms with E-state index < -0.39 is 0 Å². The molecule has 0 saturated carbocycles. The second kappa shape index (κ2) is 6.00. The van der Waals surface area contributed by atoms with Crippen LogP contribution in [0.1, 0.15) is 11.1 Å². The fraction of sp³-hybridized carbons (Fsp3) is 0.263. The number of hydrogen-bond acceptors (Lipinski definition) is 4. The summed E-state index contributed by atoms with van der Waals surface area (Å²) in [4.78, 5) is 18.7. The maximum Gasteiger partial charge on any atom is 0.258 e. The van der Waals surface area contributed by atoms with Gasteiger partial charge in [0.05, 0.1) is 30.9 Å². The van der Waals surface area contributed by atoms with Crippen molar-refractivity contribution >= 4 is 10.9 Å². The number of para-hydroxylation sites is 1. The van der Waals surface area contributed by atoms with Crippen molar-refractivity contribution in [1.29, 1.82) is 0 Å². The molecule has 0 amide bonds.